The fraction of sp³-hybridized carbons (Fsp3) is 0.293. The molecule has 0 unspecified atom stereocenters. The van der Waals surface area contributed by atoms with Crippen molar-refractivity contribution in [2.45, 2.75) is 77.0 Å². The van der Waals surface area contributed by atoms with E-state index >= 15 is 0 Å². The number of benzene rings is 4. The van der Waals surface area contributed by atoms with Crippen LogP contribution in [0.25, 0.3) is 11.1 Å². The Hall–Kier alpha value is -2.31. The van der Waals surface area contributed by atoms with Crippen molar-refractivity contribution in [2.24, 2.45) is 0 Å². The monoisotopic (exact) mass is 694 g/mol. The number of fused-ring (bicyclic) bond motifs is 3. The van der Waals surface area contributed by atoms with Crippen molar-refractivity contribution >= 4 is 6.48 Å². The summed E-state index contributed by atoms with van der Waals surface area (Å²) >= 11 is -2.23. The first-order chi connectivity index (χ1) is 20.3. The van der Waals surface area contributed by atoms with Crippen molar-refractivity contribution < 1.29 is 46.1 Å². The Kier molecular flexibility index (Phi) is 9.92. The predicted octanol–water partition coefficient (Wildman–Crippen LogP) is 3.75. The van der Waals surface area contributed by atoms with Crippen LogP contribution in [0.2, 0.25) is 0 Å². The summed E-state index contributed by atoms with van der Waals surface area (Å²) in [5.74, 6) is 0. The van der Waals surface area contributed by atoms with Crippen molar-refractivity contribution in [3.8, 4) is 11.1 Å². The topological polar surface area (TPSA) is 0 Å². The number of allylic oxidation sites excluding steroid dienone is 4. The summed E-state index contributed by atoms with van der Waals surface area (Å²) in [5, 5.41) is 0. The maximum atomic E-state index is 2.70. The van der Waals surface area contributed by atoms with Gasteiger partial charge < -0.3 is 24.8 Å². The molecule has 0 atom stereocenters. The van der Waals surface area contributed by atoms with Crippen LogP contribution in [-0.4, -0.2) is 3.21 Å². The van der Waals surface area contributed by atoms with Crippen molar-refractivity contribution in [1.82, 2.24) is 0 Å². The average Bonchev–Trinajstić information content (AvgIpc) is 3.80. The van der Waals surface area contributed by atoms with E-state index in [4.69, 9.17) is 0 Å². The van der Waals surface area contributed by atoms with Gasteiger partial charge in [0.2, 0.25) is 0 Å². The van der Waals surface area contributed by atoms with E-state index in [0.717, 1.165) is 6.42 Å². The first-order valence-electron chi connectivity index (χ1n) is 15.8. The molecule has 0 saturated heterocycles. The zero-order chi connectivity index (χ0) is 28.9. The van der Waals surface area contributed by atoms with E-state index in [0.29, 0.717) is 0 Å². The van der Waals surface area contributed by atoms with Crippen LogP contribution in [0.3, 0.4) is 0 Å². The van der Waals surface area contributed by atoms with Crippen LogP contribution in [0.4, 0.5) is 0 Å². The molecule has 7 rings (SSSR count). The molecule has 3 aliphatic rings. The van der Waals surface area contributed by atoms with Crippen molar-refractivity contribution in [3.63, 3.8) is 0 Å². The number of hydrogen-bond donors (Lipinski definition) is 0. The van der Waals surface area contributed by atoms with Crippen LogP contribution < -0.4 is 28.1 Å². The summed E-state index contributed by atoms with van der Waals surface area (Å²) in [6, 6.07) is 34.9. The Morgan fingerprint density at radius 1 is 0.614 bits per heavy atom. The van der Waals surface area contributed by atoms with Gasteiger partial charge in [-0.25, -0.2) is 0 Å². The Morgan fingerprint density at radius 3 is 1.80 bits per heavy atom. The Labute approximate surface area is 284 Å². The van der Waals surface area contributed by atoms with Gasteiger partial charge in [0.25, 0.3) is 0 Å². The van der Waals surface area contributed by atoms with Gasteiger partial charge in [0.05, 0.1) is 0 Å². The summed E-state index contributed by atoms with van der Waals surface area (Å²) in [7, 11) is 0. The van der Waals surface area contributed by atoms with Crippen LogP contribution in [-0.2, 0) is 38.5 Å². The molecule has 3 heteroatoms. The molecule has 0 bridgehead atoms. The zero-order valence-corrected chi connectivity index (χ0v) is 30.4. The number of halogens is 2. The van der Waals surface area contributed by atoms with Crippen molar-refractivity contribution in [3.05, 3.63) is 146 Å². The molecule has 224 valence electrons. The second-order valence-electron chi connectivity index (χ2n) is 13.6. The molecule has 0 spiro atoms. The van der Waals surface area contributed by atoms with Crippen LogP contribution in [0.15, 0.2) is 113 Å². The first-order valence-corrected chi connectivity index (χ1v) is 19.5. The third-order valence-corrected chi connectivity index (χ3v) is 18.3. The van der Waals surface area contributed by atoms with Gasteiger partial charge in [-0.1, -0.05) is 0 Å². The SMILES string of the molecule is CC(C)(c1ccccc1)c1ccc2c(c1)-c1cc(C(C)(C)c3ccccc3)c[c]([Zr+2]([C]3=CC=CC3)=[C]3CCCC3)c1C2.[Cl-].[Cl-]. The van der Waals surface area contributed by atoms with Crippen LogP contribution in [0.5, 0.6) is 0 Å². The molecule has 0 N–H and O–H groups in total. The molecule has 0 radical (unpaired) electrons. The van der Waals surface area contributed by atoms with E-state index < -0.39 is 21.3 Å². The summed E-state index contributed by atoms with van der Waals surface area (Å²) < 4.78 is 5.50. The van der Waals surface area contributed by atoms with Gasteiger partial charge in [0.15, 0.2) is 0 Å². The van der Waals surface area contributed by atoms with Gasteiger partial charge in [-0.05, 0) is 0 Å². The summed E-state index contributed by atoms with van der Waals surface area (Å²) in [4.78, 5) is 0. The van der Waals surface area contributed by atoms with Gasteiger partial charge in [-0.15, -0.1) is 0 Å². The molecular weight excluding hydrogens is 655 g/mol. The second kappa shape index (κ2) is 13.2. The Balaban J connectivity index is 0.00000192. The van der Waals surface area contributed by atoms with E-state index in [1.54, 1.807) is 12.1 Å². The molecule has 4 aromatic carbocycles. The van der Waals surface area contributed by atoms with Gasteiger partial charge in [0.1, 0.15) is 0 Å². The maximum Gasteiger partial charge on any atom is -1.00 e. The second-order valence-corrected chi connectivity index (χ2v) is 20.1. The van der Waals surface area contributed by atoms with E-state index in [9.17, 15) is 0 Å². The molecule has 4 aromatic rings. The van der Waals surface area contributed by atoms with Crippen LogP contribution >= 0.6 is 0 Å². The largest absolute Gasteiger partial charge is 1.00 e. The average molecular weight is 697 g/mol. The normalized spacial score (nSPS) is 15.1. The van der Waals surface area contributed by atoms with E-state index in [1.165, 1.54) is 71.0 Å². The molecular formula is C41H42Cl2Zr. The van der Waals surface area contributed by atoms with E-state index in [1.807, 2.05) is 3.21 Å². The molecule has 0 nitrogen and oxygen atoms in total. The molecule has 44 heavy (non-hydrogen) atoms. The van der Waals surface area contributed by atoms with E-state index in [2.05, 4.69) is 137 Å². The van der Waals surface area contributed by atoms with Gasteiger partial charge in [-0.2, -0.15) is 0 Å². The minimum Gasteiger partial charge on any atom is -1.00 e. The van der Waals surface area contributed by atoms with Gasteiger partial charge in [0, 0.05) is 0 Å². The molecule has 1 fully saturated rings. The summed E-state index contributed by atoms with van der Waals surface area (Å²) in [6.07, 6.45) is 15.0. The summed E-state index contributed by atoms with van der Waals surface area (Å²) in [6.45, 7) is 9.62. The van der Waals surface area contributed by atoms with E-state index in [-0.39, 0.29) is 35.6 Å². The van der Waals surface area contributed by atoms with Crippen molar-refractivity contribution in [2.75, 3.05) is 0 Å². The third-order valence-electron chi connectivity index (χ3n) is 10.4. The molecule has 3 aliphatic carbocycles. The quantitative estimate of drug-likeness (QED) is 0.254. The minimum atomic E-state index is -2.23. The Morgan fingerprint density at radius 2 is 1.20 bits per heavy atom. The molecule has 1 saturated carbocycles. The van der Waals surface area contributed by atoms with Crippen LogP contribution in [0.1, 0.15) is 93.2 Å². The Bertz CT molecular complexity index is 1750. The maximum absolute atomic E-state index is 2.70. The molecule has 0 amide bonds. The van der Waals surface area contributed by atoms with Gasteiger partial charge in [-0.3, -0.25) is 0 Å². The minimum absolute atomic E-state index is 0. The number of rotatable bonds is 6. The molecule has 0 heterocycles. The predicted molar refractivity (Wildman–Crippen MR) is 177 cm³/mol. The first kappa shape index (κ1) is 33.1. The number of hydrogen-bond acceptors (Lipinski definition) is 0. The van der Waals surface area contributed by atoms with Gasteiger partial charge >= 0.3 is 262 Å². The zero-order valence-electron chi connectivity index (χ0n) is 26.4. The summed E-state index contributed by atoms with van der Waals surface area (Å²) in [5.41, 5.74) is 11.7. The molecule has 0 aliphatic heterocycles. The third kappa shape index (κ3) is 5.86. The smallest absolute Gasteiger partial charge is 1.00 e. The molecule has 0 aromatic heterocycles. The fourth-order valence-corrected chi connectivity index (χ4v) is 16.0. The standard InChI is InChI=1S/C31H29.C5H8.C5H5.2ClH.Zr/c1-30(2,24-11-7-5-8-12-24)26-17-15-22-19-23-16-18-27(21-29(23)28(22)20-26)31(3,4)25-13-9-6-10-14-25;2*1-2-4-5-3-1;;;/h5-15,17-18,20-21H,19H2,1-4H3;1-4H2;1-3H,4H2;2*1H;/q;;;;;+2/p-2. The van der Waals surface area contributed by atoms with Crippen molar-refractivity contribution in [1.29, 1.82) is 0 Å². The fourth-order valence-electron chi connectivity index (χ4n) is 7.57. The van der Waals surface area contributed by atoms with Crippen LogP contribution in [0, 0.1) is 0 Å².